The topological polar surface area (TPSA) is 71.1 Å². The van der Waals surface area contributed by atoms with E-state index in [9.17, 15) is 9.59 Å². The van der Waals surface area contributed by atoms with E-state index in [1.54, 1.807) is 90.1 Å². The van der Waals surface area contributed by atoms with Gasteiger partial charge in [0.05, 0.1) is 0 Å². The number of ether oxygens (including phenoxy) is 4. The predicted molar refractivity (Wildman–Crippen MR) is 123 cm³/mol. The van der Waals surface area contributed by atoms with E-state index >= 15 is 0 Å². The van der Waals surface area contributed by atoms with Crippen LogP contribution >= 0.6 is 0 Å². The van der Waals surface area contributed by atoms with Gasteiger partial charge < -0.3 is 18.9 Å². The summed E-state index contributed by atoms with van der Waals surface area (Å²) in [5.74, 6) is -0.740. The molecule has 2 rings (SSSR count). The highest BCUT2D eigenvalue weighted by Gasteiger charge is 2.63. The van der Waals surface area contributed by atoms with Crippen molar-refractivity contribution >= 4 is 11.9 Å². The lowest BCUT2D eigenvalue weighted by molar-refractivity contribution is -0.208. The fraction of sp³-hybridized carbons (Fsp3) is 0.462. The monoisotopic (exact) mass is 442 g/mol. The molecule has 174 valence electrons. The maximum atomic E-state index is 13.6. The molecule has 0 amide bonds. The summed E-state index contributed by atoms with van der Waals surface area (Å²) >= 11 is 0. The number of carbonyl (C=O) groups is 2. The molecule has 0 saturated heterocycles. The number of hydrogen-bond donors (Lipinski definition) is 0. The number of hydrogen-bond acceptors (Lipinski definition) is 6. The van der Waals surface area contributed by atoms with Gasteiger partial charge in [-0.05, 0) is 79.7 Å². The van der Waals surface area contributed by atoms with E-state index in [2.05, 4.69) is 0 Å². The minimum atomic E-state index is -1.89. The molecular weight excluding hydrogens is 408 g/mol. The van der Waals surface area contributed by atoms with Gasteiger partial charge in [-0.25, -0.2) is 9.59 Å². The third-order valence-electron chi connectivity index (χ3n) is 4.62. The van der Waals surface area contributed by atoms with Crippen LogP contribution in [-0.2, 0) is 19.1 Å². The molecule has 2 atom stereocenters. The molecule has 2 aromatic rings. The standard InChI is InChI=1S/C26H34O6/c1-23(2,3)31-21(27)25(7,29-19-15-11-9-12-16-19)26(8,22(28)32-24(4,5)6)30-20-17-13-10-14-18-20/h9-18H,1-8H3. The van der Waals surface area contributed by atoms with Gasteiger partial charge in [-0.1, -0.05) is 36.4 Å². The first-order valence-corrected chi connectivity index (χ1v) is 10.6. The Morgan fingerprint density at radius 3 is 1.06 bits per heavy atom. The first-order chi connectivity index (χ1) is 14.7. The second kappa shape index (κ2) is 9.23. The van der Waals surface area contributed by atoms with Crippen molar-refractivity contribution in [1.82, 2.24) is 0 Å². The number of esters is 2. The zero-order valence-electron chi connectivity index (χ0n) is 20.2. The van der Waals surface area contributed by atoms with Gasteiger partial charge in [0.25, 0.3) is 11.2 Å². The minimum Gasteiger partial charge on any atom is -0.471 e. The van der Waals surface area contributed by atoms with Crippen molar-refractivity contribution in [3.63, 3.8) is 0 Å². The van der Waals surface area contributed by atoms with Crippen LogP contribution in [0.3, 0.4) is 0 Å². The second-order valence-corrected chi connectivity index (χ2v) is 9.90. The molecular formula is C26H34O6. The molecule has 0 aliphatic rings. The van der Waals surface area contributed by atoms with E-state index in [0.29, 0.717) is 11.5 Å². The van der Waals surface area contributed by atoms with Gasteiger partial charge in [-0.2, -0.15) is 0 Å². The Balaban J connectivity index is 2.65. The molecule has 0 radical (unpaired) electrons. The number of benzene rings is 2. The van der Waals surface area contributed by atoms with Crippen LogP contribution in [0, 0.1) is 0 Å². The van der Waals surface area contributed by atoms with E-state index in [4.69, 9.17) is 18.9 Å². The van der Waals surface area contributed by atoms with Gasteiger partial charge in [0.2, 0.25) is 0 Å². The summed E-state index contributed by atoms with van der Waals surface area (Å²) in [6.07, 6.45) is 0. The Kier molecular flexibility index (Phi) is 7.28. The third-order valence-corrected chi connectivity index (χ3v) is 4.62. The molecule has 0 spiro atoms. The Hall–Kier alpha value is -3.02. The molecule has 0 saturated carbocycles. The van der Waals surface area contributed by atoms with Crippen LogP contribution in [0.4, 0.5) is 0 Å². The summed E-state index contributed by atoms with van der Waals surface area (Å²) < 4.78 is 23.7. The van der Waals surface area contributed by atoms with Gasteiger partial charge >= 0.3 is 11.9 Å². The Bertz CT molecular complexity index is 833. The van der Waals surface area contributed by atoms with Crippen LogP contribution in [0.15, 0.2) is 60.7 Å². The molecule has 6 heteroatoms. The lowest BCUT2D eigenvalue weighted by Gasteiger charge is -2.43. The fourth-order valence-corrected chi connectivity index (χ4v) is 2.87. The maximum Gasteiger partial charge on any atom is 0.355 e. The fourth-order valence-electron chi connectivity index (χ4n) is 2.87. The SMILES string of the molecule is CC(C)(C)OC(=O)C(C)(Oc1ccccc1)C(C)(Oc1ccccc1)C(=O)OC(C)(C)C. The molecule has 0 N–H and O–H groups in total. The summed E-state index contributed by atoms with van der Waals surface area (Å²) in [5, 5.41) is 0. The van der Waals surface area contributed by atoms with Gasteiger partial charge in [0.1, 0.15) is 22.7 Å². The molecule has 2 unspecified atom stereocenters. The van der Waals surface area contributed by atoms with Crippen molar-refractivity contribution in [1.29, 1.82) is 0 Å². The lowest BCUT2D eigenvalue weighted by Crippen LogP contribution is -2.68. The summed E-state index contributed by atoms with van der Waals surface area (Å²) in [4.78, 5) is 27.1. The van der Waals surface area contributed by atoms with Crippen LogP contribution in [0.5, 0.6) is 11.5 Å². The average Bonchev–Trinajstić information content (AvgIpc) is 2.66. The highest BCUT2D eigenvalue weighted by atomic mass is 16.6. The van der Waals surface area contributed by atoms with Crippen molar-refractivity contribution in [3.8, 4) is 11.5 Å². The van der Waals surface area contributed by atoms with E-state index in [0.717, 1.165) is 0 Å². The van der Waals surface area contributed by atoms with Crippen molar-refractivity contribution < 1.29 is 28.5 Å². The molecule has 0 heterocycles. The summed E-state index contributed by atoms with van der Waals surface area (Å²) in [6.45, 7) is 13.5. The van der Waals surface area contributed by atoms with Crippen LogP contribution < -0.4 is 9.47 Å². The molecule has 0 aliphatic heterocycles. The number of para-hydroxylation sites is 2. The predicted octanol–water partition coefficient (Wildman–Crippen LogP) is 5.35. The van der Waals surface area contributed by atoms with Crippen molar-refractivity contribution in [2.45, 2.75) is 77.8 Å². The Morgan fingerprint density at radius 1 is 0.531 bits per heavy atom. The Morgan fingerprint density at radius 2 is 0.812 bits per heavy atom. The number of carbonyl (C=O) groups excluding carboxylic acids is 2. The van der Waals surface area contributed by atoms with Crippen molar-refractivity contribution in [2.24, 2.45) is 0 Å². The van der Waals surface area contributed by atoms with Gasteiger partial charge in [0, 0.05) is 0 Å². The highest BCUT2D eigenvalue weighted by Crippen LogP contribution is 2.37. The van der Waals surface area contributed by atoms with Crippen LogP contribution in [0.1, 0.15) is 55.4 Å². The van der Waals surface area contributed by atoms with Crippen LogP contribution in [0.25, 0.3) is 0 Å². The molecule has 0 aromatic heterocycles. The van der Waals surface area contributed by atoms with Gasteiger partial charge in [-0.15, -0.1) is 0 Å². The normalized spacial score (nSPS) is 15.6. The highest BCUT2D eigenvalue weighted by molar-refractivity contribution is 5.93. The summed E-state index contributed by atoms with van der Waals surface area (Å²) in [6, 6.07) is 17.5. The van der Waals surface area contributed by atoms with Crippen LogP contribution in [-0.4, -0.2) is 34.3 Å². The molecule has 0 aliphatic carbocycles. The zero-order valence-corrected chi connectivity index (χ0v) is 20.2. The molecule has 0 bridgehead atoms. The lowest BCUT2D eigenvalue weighted by atomic mass is 9.84. The second-order valence-electron chi connectivity index (χ2n) is 9.90. The maximum absolute atomic E-state index is 13.6. The van der Waals surface area contributed by atoms with E-state index in [1.165, 1.54) is 13.8 Å². The smallest absolute Gasteiger partial charge is 0.355 e. The first-order valence-electron chi connectivity index (χ1n) is 10.6. The molecule has 2 aromatic carbocycles. The van der Waals surface area contributed by atoms with Gasteiger partial charge in [0.15, 0.2) is 0 Å². The quantitative estimate of drug-likeness (QED) is 0.539. The zero-order chi connectivity index (χ0) is 24.2. The largest absolute Gasteiger partial charge is 0.471 e. The van der Waals surface area contributed by atoms with Crippen molar-refractivity contribution in [2.75, 3.05) is 0 Å². The minimum absolute atomic E-state index is 0.382. The van der Waals surface area contributed by atoms with E-state index in [-0.39, 0.29) is 0 Å². The molecule has 32 heavy (non-hydrogen) atoms. The first kappa shape index (κ1) is 25.2. The molecule has 0 fully saturated rings. The summed E-state index contributed by atoms with van der Waals surface area (Å²) in [5.41, 5.74) is -5.42. The van der Waals surface area contributed by atoms with E-state index in [1.807, 2.05) is 12.1 Å². The van der Waals surface area contributed by atoms with E-state index < -0.39 is 34.3 Å². The van der Waals surface area contributed by atoms with Crippen molar-refractivity contribution in [3.05, 3.63) is 60.7 Å². The summed E-state index contributed by atoms with van der Waals surface area (Å²) in [7, 11) is 0. The Labute approximate surface area is 190 Å². The number of rotatable bonds is 7. The van der Waals surface area contributed by atoms with Gasteiger partial charge in [-0.3, -0.25) is 0 Å². The van der Waals surface area contributed by atoms with Crippen LogP contribution in [0.2, 0.25) is 0 Å². The molecule has 6 nitrogen and oxygen atoms in total. The third kappa shape index (κ3) is 6.25. The average molecular weight is 443 g/mol.